The maximum absolute atomic E-state index is 12.8. The van der Waals surface area contributed by atoms with Gasteiger partial charge in [-0.15, -0.1) is 0 Å². The highest BCUT2D eigenvalue weighted by molar-refractivity contribution is 6.02. The van der Waals surface area contributed by atoms with E-state index >= 15 is 0 Å². The topological polar surface area (TPSA) is 85.9 Å². The Balaban J connectivity index is 1.82. The standard InChI is InChI=1S/C19H25N5O3/c1-4-5-9-24-15(16(25)21-12-13-7-6-8-20-11-13)10-14-17(24)22(2)19(27)23(3)18(14)26/h6-8,10-11,14,17H,4-5,9,12H2,1-3H3,(H,21,25). The van der Waals surface area contributed by atoms with Crippen molar-refractivity contribution in [1.82, 2.24) is 25.0 Å². The van der Waals surface area contributed by atoms with Gasteiger partial charge in [0.1, 0.15) is 11.9 Å². The van der Waals surface area contributed by atoms with E-state index in [1.54, 1.807) is 30.4 Å². The highest BCUT2D eigenvalue weighted by Gasteiger charge is 2.50. The second kappa shape index (κ2) is 7.77. The van der Waals surface area contributed by atoms with E-state index in [1.165, 1.54) is 7.05 Å². The lowest BCUT2D eigenvalue weighted by Crippen LogP contribution is -2.62. The molecule has 2 unspecified atom stereocenters. The van der Waals surface area contributed by atoms with Crippen molar-refractivity contribution in [2.24, 2.45) is 5.92 Å². The number of fused-ring (bicyclic) bond motifs is 1. The highest BCUT2D eigenvalue weighted by Crippen LogP contribution is 2.34. The van der Waals surface area contributed by atoms with Gasteiger partial charge in [0, 0.05) is 39.6 Å². The van der Waals surface area contributed by atoms with Crippen LogP contribution < -0.4 is 5.32 Å². The molecule has 4 amide bonds. The van der Waals surface area contributed by atoms with E-state index in [1.807, 2.05) is 17.0 Å². The molecule has 144 valence electrons. The number of unbranched alkanes of at least 4 members (excludes halogenated alkanes) is 1. The van der Waals surface area contributed by atoms with Crippen molar-refractivity contribution in [3.8, 4) is 0 Å². The number of carbonyl (C=O) groups excluding carboxylic acids is 3. The van der Waals surface area contributed by atoms with Gasteiger partial charge in [0.25, 0.3) is 5.91 Å². The summed E-state index contributed by atoms with van der Waals surface area (Å²) in [5, 5.41) is 2.89. The average Bonchev–Trinajstić information content (AvgIpc) is 3.07. The Bertz CT molecular complexity index is 764. The van der Waals surface area contributed by atoms with Crippen molar-refractivity contribution in [1.29, 1.82) is 0 Å². The zero-order valence-electron chi connectivity index (χ0n) is 15.9. The summed E-state index contributed by atoms with van der Waals surface area (Å²) in [5.41, 5.74) is 1.34. The molecule has 0 bridgehead atoms. The largest absolute Gasteiger partial charge is 0.347 e. The number of nitrogens with zero attached hydrogens (tertiary/aromatic N) is 4. The lowest BCUT2D eigenvalue weighted by atomic mass is 10.0. The first-order chi connectivity index (χ1) is 13.0. The van der Waals surface area contributed by atoms with Crippen molar-refractivity contribution < 1.29 is 14.4 Å². The Morgan fingerprint density at radius 1 is 1.30 bits per heavy atom. The number of aromatic nitrogens is 1. The Kier molecular flexibility index (Phi) is 5.43. The predicted octanol–water partition coefficient (Wildman–Crippen LogP) is 1.16. The molecule has 0 aromatic carbocycles. The maximum atomic E-state index is 12.8. The fourth-order valence-electron chi connectivity index (χ4n) is 3.57. The molecule has 0 radical (unpaired) electrons. The molecule has 1 saturated heterocycles. The van der Waals surface area contributed by atoms with Crippen molar-refractivity contribution in [3.63, 3.8) is 0 Å². The third kappa shape index (κ3) is 3.51. The number of rotatable bonds is 6. The average molecular weight is 371 g/mol. The first-order valence-corrected chi connectivity index (χ1v) is 9.15. The summed E-state index contributed by atoms with van der Waals surface area (Å²) in [5.74, 6) is -1.06. The number of urea groups is 1. The minimum atomic E-state index is -0.534. The number of hydrogen-bond donors (Lipinski definition) is 1. The van der Waals surface area contributed by atoms with Crippen LogP contribution in [0.4, 0.5) is 4.79 Å². The Morgan fingerprint density at radius 2 is 2.07 bits per heavy atom. The molecule has 1 N–H and O–H groups in total. The number of imide groups is 1. The zero-order valence-corrected chi connectivity index (χ0v) is 15.9. The Labute approximate surface area is 158 Å². The van der Waals surface area contributed by atoms with E-state index in [0.29, 0.717) is 18.8 Å². The van der Waals surface area contributed by atoms with Crippen LogP contribution in [0.3, 0.4) is 0 Å². The van der Waals surface area contributed by atoms with Gasteiger partial charge >= 0.3 is 6.03 Å². The molecule has 0 aliphatic carbocycles. The van der Waals surface area contributed by atoms with E-state index in [-0.39, 0.29) is 17.8 Å². The van der Waals surface area contributed by atoms with Gasteiger partial charge in [-0.3, -0.25) is 19.5 Å². The second-order valence-electron chi connectivity index (χ2n) is 6.87. The van der Waals surface area contributed by atoms with E-state index < -0.39 is 12.1 Å². The molecule has 27 heavy (non-hydrogen) atoms. The summed E-state index contributed by atoms with van der Waals surface area (Å²) in [7, 11) is 3.15. The molecule has 1 fully saturated rings. The van der Waals surface area contributed by atoms with Crippen LogP contribution in [0.5, 0.6) is 0 Å². The number of hydrogen-bond acceptors (Lipinski definition) is 5. The smallest absolute Gasteiger partial charge is 0.327 e. The molecule has 3 rings (SSSR count). The van der Waals surface area contributed by atoms with E-state index in [0.717, 1.165) is 23.3 Å². The summed E-state index contributed by atoms with van der Waals surface area (Å²) < 4.78 is 0. The molecule has 2 aliphatic heterocycles. The van der Waals surface area contributed by atoms with E-state index in [4.69, 9.17) is 0 Å². The van der Waals surface area contributed by atoms with Gasteiger partial charge in [-0.2, -0.15) is 0 Å². The molecule has 1 aromatic rings. The van der Waals surface area contributed by atoms with Crippen molar-refractivity contribution in [2.45, 2.75) is 32.5 Å². The summed E-state index contributed by atoms with van der Waals surface area (Å²) in [4.78, 5) is 46.4. The van der Waals surface area contributed by atoms with Gasteiger partial charge in [-0.25, -0.2) is 4.79 Å². The first kappa shape index (κ1) is 18.9. The van der Waals surface area contributed by atoms with Gasteiger partial charge in [-0.05, 0) is 24.1 Å². The third-order valence-electron chi connectivity index (χ3n) is 5.05. The summed E-state index contributed by atoms with van der Waals surface area (Å²) in [6.45, 7) is 3.02. The monoisotopic (exact) mass is 371 g/mol. The molecule has 1 aromatic heterocycles. The lowest BCUT2D eigenvalue weighted by molar-refractivity contribution is -0.137. The quantitative estimate of drug-likeness (QED) is 0.811. The number of nitrogens with one attached hydrogen (secondary N) is 1. The lowest BCUT2D eigenvalue weighted by Gasteiger charge is -2.43. The van der Waals surface area contributed by atoms with Gasteiger partial charge in [0.05, 0.1) is 5.92 Å². The fraction of sp³-hybridized carbons (Fsp3) is 0.474. The maximum Gasteiger partial charge on any atom is 0.327 e. The fourth-order valence-corrected chi connectivity index (χ4v) is 3.57. The molecular weight excluding hydrogens is 346 g/mol. The molecule has 0 saturated carbocycles. The minimum absolute atomic E-state index is 0.249. The zero-order chi connectivity index (χ0) is 19.6. The number of pyridine rings is 1. The highest BCUT2D eigenvalue weighted by atomic mass is 16.2. The number of carbonyl (C=O) groups is 3. The minimum Gasteiger partial charge on any atom is -0.347 e. The number of amides is 4. The molecule has 2 aliphatic rings. The van der Waals surface area contributed by atoms with Gasteiger partial charge in [0.2, 0.25) is 5.91 Å². The summed E-state index contributed by atoms with van der Waals surface area (Å²) >= 11 is 0. The van der Waals surface area contributed by atoms with Crippen LogP contribution in [0.15, 0.2) is 36.3 Å². The predicted molar refractivity (Wildman–Crippen MR) is 99.0 cm³/mol. The van der Waals surface area contributed by atoms with Crippen LogP contribution in [-0.2, 0) is 16.1 Å². The van der Waals surface area contributed by atoms with Crippen LogP contribution in [0.1, 0.15) is 25.3 Å². The van der Waals surface area contributed by atoms with Crippen molar-refractivity contribution in [2.75, 3.05) is 20.6 Å². The molecule has 8 nitrogen and oxygen atoms in total. The van der Waals surface area contributed by atoms with E-state index in [9.17, 15) is 14.4 Å². The molecule has 0 spiro atoms. The van der Waals surface area contributed by atoms with Crippen LogP contribution in [-0.4, -0.2) is 64.3 Å². The van der Waals surface area contributed by atoms with E-state index in [2.05, 4.69) is 17.2 Å². The molecule has 2 atom stereocenters. The molecular formula is C19H25N5O3. The third-order valence-corrected chi connectivity index (χ3v) is 5.05. The van der Waals surface area contributed by atoms with Crippen molar-refractivity contribution in [3.05, 3.63) is 41.9 Å². The van der Waals surface area contributed by atoms with Gasteiger partial charge in [-0.1, -0.05) is 19.4 Å². The van der Waals surface area contributed by atoms with Gasteiger partial charge in [0.15, 0.2) is 0 Å². The van der Waals surface area contributed by atoms with Crippen LogP contribution >= 0.6 is 0 Å². The Morgan fingerprint density at radius 3 is 2.74 bits per heavy atom. The normalized spacial score (nSPS) is 22.0. The Hall–Kier alpha value is -2.90. The molecule has 3 heterocycles. The summed E-state index contributed by atoms with van der Waals surface area (Å²) in [6, 6.07) is 3.34. The van der Waals surface area contributed by atoms with Crippen LogP contribution in [0.2, 0.25) is 0 Å². The van der Waals surface area contributed by atoms with Gasteiger partial charge < -0.3 is 15.1 Å². The van der Waals surface area contributed by atoms with Crippen LogP contribution in [0.25, 0.3) is 0 Å². The SMILES string of the molecule is CCCCN1C(C(=O)NCc2cccnc2)=CC2C(=O)N(C)C(=O)N(C)C21. The second-order valence-corrected chi connectivity index (χ2v) is 6.87. The molecule has 8 heteroatoms. The first-order valence-electron chi connectivity index (χ1n) is 9.15. The van der Waals surface area contributed by atoms with Crippen LogP contribution in [0, 0.1) is 5.92 Å². The summed E-state index contributed by atoms with van der Waals surface area (Å²) in [6.07, 6.45) is 6.43. The van der Waals surface area contributed by atoms with Crippen molar-refractivity contribution >= 4 is 17.8 Å².